The fourth-order valence-electron chi connectivity index (χ4n) is 4.01. The lowest BCUT2D eigenvalue weighted by Crippen LogP contribution is -2.59. The molecule has 104 valence electrons. The minimum Gasteiger partial charge on any atom is -0.329 e. The molecule has 0 aromatic rings. The molecular weight excluding hydrogens is 242 g/mol. The first-order valence-electron chi connectivity index (χ1n) is 7.61. The molecule has 2 N–H and O–H groups in total. The van der Waals surface area contributed by atoms with Crippen LogP contribution in [0.3, 0.4) is 0 Å². The van der Waals surface area contributed by atoms with Crippen molar-refractivity contribution in [3.63, 3.8) is 0 Å². The number of hydrogen-bond donors (Lipinski definition) is 1. The summed E-state index contributed by atoms with van der Waals surface area (Å²) in [5.41, 5.74) is 6.51. The summed E-state index contributed by atoms with van der Waals surface area (Å²) in [6, 6.07) is 0.822. The third-order valence-corrected chi connectivity index (χ3v) is 6.47. The van der Waals surface area contributed by atoms with E-state index < -0.39 is 0 Å². The van der Waals surface area contributed by atoms with Gasteiger partial charge in [0.2, 0.25) is 0 Å². The molecule has 3 aliphatic heterocycles. The van der Waals surface area contributed by atoms with Gasteiger partial charge in [0.15, 0.2) is 0 Å². The number of hydrogen-bond acceptors (Lipinski definition) is 4. The average molecular weight is 269 g/mol. The number of thioether (sulfide) groups is 1. The Morgan fingerprint density at radius 2 is 2.06 bits per heavy atom. The molecule has 18 heavy (non-hydrogen) atoms. The lowest BCUT2D eigenvalue weighted by atomic mass is 9.92. The van der Waals surface area contributed by atoms with Gasteiger partial charge in [-0.3, -0.25) is 9.80 Å². The molecule has 2 atom stereocenters. The Hall–Kier alpha value is 0.230. The van der Waals surface area contributed by atoms with Crippen LogP contribution in [0.25, 0.3) is 0 Å². The van der Waals surface area contributed by atoms with E-state index in [4.69, 9.17) is 5.73 Å². The summed E-state index contributed by atoms with van der Waals surface area (Å²) in [4.78, 5) is 5.50. The minimum absolute atomic E-state index is 0.321. The van der Waals surface area contributed by atoms with E-state index in [1.54, 1.807) is 0 Å². The van der Waals surface area contributed by atoms with Crippen LogP contribution in [-0.4, -0.2) is 65.6 Å². The molecule has 3 heterocycles. The largest absolute Gasteiger partial charge is 0.329 e. The monoisotopic (exact) mass is 269 g/mol. The first kappa shape index (κ1) is 13.2. The van der Waals surface area contributed by atoms with Crippen LogP contribution in [-0.2, 0) is 0 Å². The molecule has 0 spiro atoms. The maximum absolute atomic E-state index is 6.19. The van der Waals surface area contributed by atoms with E-state index in [1.165, 1.54) is 69.8 Å². The van der Waals surface area contributed by atoms with Crippen LogP contribution in [0.4, 0.5) is 0 Å². The van der Waals surface area contributed by atoms with Crippen molar-refractivity contribution in [2.75, 3.05) is 44.2 Å². The number of nitrogens with two attached hydrogens (primary N) is 1. The summed E-state index contributed by atoms with van der Waals surface area (Å²) in [6.07, 6.45) is 6.83. The lowest BCUT2D eigenvalue weighted by Gasteiger charge is -2.46. The second-order valence-corrected chi connectivity index (χ2v) is 7.32. The second-order valence-electron chi connectivity index (χ2n) is 6.22. The van der Waals surface area contributed by atoms with Crippen molar-refractivity contribution in [1.82, 2.24) is 9.80 Å². The Labute approximate surface area is 115 Å². The topological polar surface area (TPSA) is 32.5 Å². The normalized spacial score (nSPS) is 39.5. The second kappa shape index (κ2) is 5.70. The quantitative estimate of drug-likeness (QED) is 0.821. The van der Waals surface area contributed by atoms with Gasteiger partial charge in [-0.1, -0.05) is 0 Å². The van der Waals surface area contributed by atoms with Crippen molar-refractivity contribution < 1.29 is 0 Å². The predicted octanol–water partition coefficient (Wildman–Crippen LogP) is 1.38. The fourth-order valence-corrected chi connectivity index (χ4v) is 5.33. The maximum Gasteiger partial charge on any atom is 0.0422 e. The molecule has 0 saturated carbocycles. The summed E-state index contributed by atoms with van der Waals surface area (Å²) < 4.78 is 0. The van der Waals surface area contributed by atoms with Crippen LogP contribution in [0.15, 0.2) is 0 Å². The molecule has 0 bridgehead atoms. The molecule has 0 aliphatic carbocycles. The van der Waals surface area contributed by atoms with Crippen molar-refractivity contribution in [2.24, 2.45) is 5.73 Å². The van der Waals surface area contributed by atoms with Gasteiger partial charge in [0, 0.05) is 37.0 Å². The molecule has 3 fully saturated rings. The molecule has 0 amide bonds. The van der Waals surface area contributed by atoms with Crippen LogP contribution in [0.1, 0.15) is 32.1 Å². The SMILES string of the molecule is NCC1(N2CCCN3CCCC3C2)CCCSC1. The standard InChI is InChI=1S/C14H27N3S/c15-11-14(5-2-9-18-12-14)17-8-3-7-16-6-1-4-13(16)10-17/h13H,1-12,15H2. The summed E-state index contributed by atoms with van der Waals surface area (Å²) in [6.45, 7) is 6.05. The smallest absolute Gasteiger partial charge is 0.0422 e. The Bertz CT molecular complexity index is 278. The molecule has 0 aromatic heterocycles. The lowest BCUT2D eigenvalue weighted by molar-refractivity contribution is 0.0926. The van der Waals surface area contributed by atoms with Gasteiger partial charge in [-0.25, -0.2) is 0 Å². The highest BCUT2D eigenvalue weighted by Gasteiger charge is 2.40. The van der Waals surface area contributed by atoms with E-state index >= 15 is 0 Å². The Morgan fingerprint density at radius 1 is 1.17 bits per heavy atom. The van der Waals surface area contributed by atoms with Gasteiger partial charge in [-0.15, -0.1) is 0 Å². The molecule has 0 radical (unpaired) electrons. The first-order valence-corrected chi connectivity index (χ1v) is 8.76. The number of nitrogens with zero attached hydrogens (tertiary/aromatic N) is 2. The molecule has 3 rings (SSSR count). The van der Waals surface area contributed by atoms with E-state index in [0.29, 0.717) is 5.54 Å². The minimum atomic E-state index is 0.321. The fraction of sp³-hybridized carbons (Fsp3) is 1.00. The molecule has 2 unspecified atom stereocenters. The summed E-state index contributed by atoms with van der Waals surface area (Å²) in [7, 11) is 0. The van der Waals surface area contributed by atoms with Crippen LogP contribution in [0, 0.1) is 0 Å². The molecule has 0 aromatic carbocycles. The zero-order chi connectivity index (χ0) is 12.4. The van der Waals surface area contributed by atoms with Crippen LogP contribution in [0.5, 0.6) is 0 Å². The Morgan fingerprint density at radius 3 is 2.83 bits per heavy atom. The highest BCUT2D eigenvalue weighted by atomic mass is 32.2. The molecule has 3 saturated heterocycles. The van der Waals surface area contributed by atoms with Crippen molar-refractivity contribution in [2.45, 2.75) is 43.7 Å². The van der Waals surface area contributed by atoms with E-state index in [-0.39, 0.29) is 0 Å². The van der Waals surface area contributed by atoms with Crippen molar-refractivity contribution in [1.29, 1.82) is 0 Å². The van der Waals surface area contributed by atoms with Crippen molar-refractivity contribution in [3.8, 4) is 0 Å². The van der Waals surface area contributed by atoms with Gasteiger partial charge in [0.05, 0.1) is 0 Å². The van der Waals surface area contributed by atoms with E-state index in [9.17, 15) is 0 Å². The van der Waals surface area contributed by atoms with Gasteiger partial charge >= 0.3 is 0 Å². The molecule has 4 heteroatoms. The first-order chi connectivity index (χ1) is 8.84. The van der Waals surface area contributed by atoms with E-state index in [1.807, 2.05) is 0 Å². The van der Waals surface area contributed by atoms with Crippen molar-refractivity contribution in [3.05, 3.63) is 0 Å². The van der Waals surface area contributed by atoms with Gasteiger partial charge < -0.3 is 5.73 Å². The number of rotatable bonds is 2. The summed E-state index contributed by atoms with van der Waals surface area (Å²) >= 11 is 2.12. The van der Waals surface area contributed by atoms with Gasteiger partial charge in [0.1, 0.15) is 0 Å². The van der Waals surface area contributed by atoms with E-state index in [0.717, 1.165) is 12.6 Å². The van der Waals surface area contributed by atoms with E-state index in [2.05, 4.69) is 21.6 Å². The molecule has 3 nitrogen and oxygen atoms in total. The molecular formula is C14H27N3S. The van der Waals surface area contributed by atoms with Gasteiger partial charge in [-0.05, 0) is 50.9 Å². The third kappa shape index (κ3) is 2.45. The summed E-state index contributed by atoms with van der Waals surface area (Å²) in [5.74, 6) is 2.60. The zero-order valence-electron chi connectivity index (χ0n) is 11.4. The third-order valence-electron chi connectivity index (χ3n) is 5.16. The summed E-state index contributed by atoms with van der Waals surface area (Å²) in [5, 5.41) is 0. The predicted molar refractivity (Wildman–Crippen MR) is 79.1 cm³/mol. The van der Waals surface area contributed by atoms with Gasteiger partial charge in [0.25, 0.3) is 0 Å². The van der Waals surface area contributed by atoms with Crippen molar-refractivity contribution >= 4 is 11.8 Å². The maximum atomic E-state index is 6.19. The zero-order valence-corrected chi connectivity index (χ0v) is 12.3. The highest BCUT2D eigenvalue weighted by Crippen LogP contribution is 2.34. The Kier molecular flexibility index (Phi) is 4.18. The van der Waals surface area contributed by atoms with Crippen LogP contribution in [0.2, 0.25) is 0 Å². The average Bonchev–Trinajstić information content (AvgIpc) is 2.76. The highest BCUT2D eigenvalue weighted by molar-refractivity contribution is 7.99. The molecule has 3 aliphatic rings. The van der Waals surface area contributed by atoms with Gasteiger partial charge in [-0.2, -0.15) is 11.8 Å². The van der Waals surface area contributed by atoms with Crippen LogP contribution < -0.4 is 5.73 Å². The number of fused-ring (bicyclic) bond motifs is 1. The van der Waals surface area contributed by atoms with Crippen LogP contribution >= 0.6 is 11.8 Å². The Balaban J connectivity index is 1.72.